The van der Waals surface area contributed by atoms with Crippen molar-refractivity contribution in [3.8, 4) is 17.6 Å². The van der Waals surface area contributed by atoms with Crippen molar-refractivity contribution in [3.63, 3.8) is 0 Å². The fourth-order valence-electron chi connectivity index (χ4n) is 2.41. The number of hydrogen-bond acceptors (Lipinski definition) is 5. The Morgan fingerprint density at radius 2 is 2.04 bits per heavy atom. The second-order valence-electron chi connectivity index (χ2n) is 5.06. The molecule has 0 saturated heterocycles. The van der Waals surface area contributed by atoms with Crippen molar-refractivity contribution < 1.29 is 14.5 Å². The number of carbonyl (C=O) groups is 1. The number of aryl methyl sites for hydroxylation is 1. The lowest BCUT2D eigenvalue weighted by Crippen LogP contribution is -2.30. The average molecular weight is 309 g/mol. The van der Waals surface area contributed by atoms with Crippen LogP contribution in [0.15, 0.2) is 36.4 Å². The second-order valence-corrected chi connectivity index (χ2v) is 5.06. The molecule has 1 heterocycles. The number of nitriles is 1. The molecule has 7 nitrogen and oxygen atoms in total. The number of nitro benzene ring substituents is 1. The number of carbonyl (C=O) groups excluding carboxylic acids is 1. The molecule has 0 saturated carbocycles. The Balaban J connectivity index is 2.22. The van der Waals surface area contributed by atoms with Gasteiger partial charge in [-0.3, -0.25) is 19.8 Å². The van der Waals surface area contributed by atoms with E-state index >= 15 is 0 Å². The Labute approximate surface area is 131 Å². The lowest BCUT2D eigenvalue weighted by atomic mass is 10.1. The van der Waals surface area contributed by atoms with Gasteiger partial charge in [-0.2, -0.15) is 5.26 Å². The first-order valence-corrected chi connectivity index (χ1v) is 6.77. The van der Waals surface area contributed by atoms with Gasteiger partial charge in [0.2, 0.25) is 0 Å². The van der Waals surface area contributed by atoms with Crippen LogP contribution in [-0.4, -0.2) is 17.4 Å². The number of ether oxygens (including phenoxy) is 1. The third kappa shape index (κ3) is 2.46. The number of rotatable bonds is 2. The van der Waals surface area contributed by atoms with Gasteiger partial charge in [0.05, 0.1) is 22.2 Å². The fraction of sp³-hybridized carbons (Fsp3) is 0.125. The molecule has 23 heavy (non-hydrogen) atoms. The zero-order chi connectivity index (χ0) is 16.6. The van der Waals surface area contributed by atoms with E-state index in [-0.39, 0.29) is 23.5 Å². The fourth-order valence-corrected chi connectivity index (χ4v) is 2.41. The third-order valence-electron chi connectivity index (χ3n) is 3.50. The monoisotopic (exact) mass is 309 g/mol. The minimum atomic E-state index is -0.579. The number of non-ortho nitro benzene ring substituents is 1. The maximum Gasteiger partial charge on any atom is 0.270 e. The van der Waals surface area contributed by atoms with Crippen LogP contribution in [0.4, 0.5) is 11.4 Å². The summed E-state index contributed by atoms with van der Waals surface area (Å²) in [6, 6.07) is 11.0. The van der Waals surface area contributed by atoms with E-state index in [4.69, 9.17) is 10.00 Å². The molecule has 0 atom stereocenters. The van der Waals surface area contributed by atoms with Gasteiger partial charge in [-0.05, 0) is 30.7 Å². The van der Waals surface area contributed by atoms with E-state index < -0.39 is 10.8 Å². The normalized spacial score (nSPS) is 12.5. The summed E-state index contributed by atoms with van der Waals surface area (Å²) in [5.74, 6) is 0.155. The van der Waals surface area contributed by atoms with E-state index in [9.17, 15) is 14.9 Å². The Bertz CT molecular complexity index is 870. The lowest BCUT2D eigenvalue weighted by molar-refractivity contribution is -0.384. The van der Waals surface area contributed by atoms with Gasteiger partial charge in [0.1, 0.15) is 12.3 Å². The molecule has 0 bridgehead atoms. The summed E-state index contributed by atoms with van der Waals surface area (Å²) >= 11 is 0. The molecule has 0 spiro atoms. The van der Waals surface area contributed by atoms with Crippen LogP contribution in [0.1, 0.15) is 15.9 Å². The molecule has 0 fully saturated rings. The van der Waals surface area contributed by atoms with Gasteiger partial charge < -0.3 is 4.74 Å². The number of nitrogens with zero attached hydrogens (tertiary/aromatic N) is 3. The summed E-state index contributed by atoms with van der Waals surface area (Å²) in [5, 5.41) is 19.9. The number of nitro groups is 1. The summed E-state index contributed by atoms with van der Waals surface area (Å²) in [6.07, 6.45) is 0. The van der Waals surface area contributed by atoms with Gasteiger partial charge in [0.15, 0.2) is 5.75 Å². The predicted octanol–water partition coefficient (Wildman–Crippen LogP) is 3.18. The number of anilines is 1. The van der Waals surface area contributed by atoms with Crippen LogP contribution in [0.5, 0.6) is 11.5 Å². The first kappa shape index (κ1) is 14.5. The van der Waals surface area contributed by atoms with E-state index in [2.05, 4.69) is 0 Å². The lowest BCUT2D eigenvalue weighted by Gasteiger charge is -2.18. The summed E-state index contributed by atoms with van der Waals surface area (Å²) in [5.41, 5.74) is 1.24. The molecule has 0 radical (unpaired) electrons. The van der Waals surface area contributed by atoms with E-state index in [0.717, 1.165) is 5.56 Å². The Morgan fingerprint density at radius 1 is 1.26 bits per heavy atom. The van der Waals surface area contributed by atoms with Crippen molar-refractivity contribution in [1.29, 1.82) is 5.26 Å². The number of benzene rings is 2. The van der Waals surface area contributed by atoms with E-state index in [0.29, 0.717) is 11.4 Å². The smallest absolute Gasteiger partial charge is 0.270 e. The summed E-state index contributed by atoms with van der Waals surface area (Å²) in [4.78, 5) is 24.3. The minimum absolute atomic E-state index is 0.0586. The molecule has 3 rings (SSSR count). The van der Waals surface area contributed by atoms with Crippen molar-refractivity contribution >= 4 is 17.3 Å². The molecule has 0 aliphatic carbocycles. The molecule has 1 aliphatic rings. The van der Waals surface area contributed by atoms with Crippen LogP contribution in [0.3, 0.4) is 0 Å². The average Bonchev–Trinajstić information content (AvgIpc) is 2.63. The Morgan fingerprint density at radius 3 is 2.74 bits per heavy atom. The summed E-state index contributed by atoms with van der Waals surface area (Å²) in [6.45, 7) is 1.70. The van der Waals surface area contributed by atoms with Crippen molar-refractivity contribution in [1.82, 2.24) is 0 Å². The quantitative estimate of drug-likeness (QED) is 0.482. The maximum absolute atomic E-state index is 12.7. The maximum atomic E-state index is 12.7. The molecular weight excluding hydrogens is 298 g/mol. The highest BCUT2D eigenvalue weighted by molar-refractivity contribution is 6.10. The summed E-state index contributed by atoms with van der Waals surface area (Å²) < 4.78 is 5.77. The highest BCUT2D eigenvalue weighted by Gasteiger charge is 2.29. The van der Waals surface area contributed by atoms with Crippen molar-refractivity contribution in [2.75, 3.05) is 11.4 Å². The zero-order valence-electron chi connectivity index (χ0n) is 12.1. The first-order valence-electron chi connectivity index (χ1n) is 6.77. The molecule has 0 unspecified atom stereocenters. The van der Waals surface area contributed by atoms with Crippen molar-refractivity contribution in [2.45, 2.75) is 6.92 Å². The van der Waals surface area contributed by atoms with Crippen molar-refractivity contribution in [2.24, 2.45) is 0 Å². The second kappa shape index (κ2) is 5.42. The van der Waals surface area contributed by atoms with Gasteiger partial charge in [-0.25, -0.2) is 0 Å². The van der Waals surface area contributed by atoms with Crippen LogP contribution in [0.2, 0.25) is 0 Å². The van der Waals surface area contributed by atoms with Crippen LogP contribution >= 0.6 is 0 Å². The molecule has 1 aliphatic heterocycles. The Kier molecular flexibility index (Phi) is 3.43. The highest BCUT2D eigenvalue weighted by Crippen LogP contribution is 2.40. The molecule has 0 N–H and O–H groups in total. The van der Waals surface area contributed by atoms with E-state index in [1.165, 1.54) is 23.1 Å². The number of fused-ring (bicyclic) bond motifs is 2. The van der Waals surface area contributed by atoms with Gasteiger partial charge in [-0.15, -0.1) is 0 Å². The van der Waals surface area contributed by atoms with E-state index in [1.807, 2.05) is 13.0 Å². The van der Waals surface area contributed by atoms with Crippen LogP contribution in [0.25, 0.3) is 0 Å². The van der Waals surface area contributed by atoms with Gasteiger partial charge in [-0.1, -0.05) is 6.07 Å². The van der Waals surface area contributed by atoms with Crippen LogP contribution in [0, 0.1) is 28.4 Å². The van der Waals surface area contributed by atoms with Crippen molar-refractivity contribution in [3.05, 3.63) is 57.6 Å². The number of amides is 1. The predicted molar refractivity (Wildman–Crippen MR) is 81.6 cm³/mol. The van der Waals surface area contributed by atoms with Crippen LogP contribution < -0.4 is 9.64 Å². The van der Waals surface area contributed by atoms with Gasteiger partial charge >= 0.3 is 0 Å². The molecule has 0 aromatic heterocycles. The largest absolute Gasteiger partial charge is 0.454 e. The molecule has 7 heteroatoms. The SMILES string of the molecule is Cc1ccc2c(c1)Oc1ccc([N+](=O)[O-])cc1C(=O)N2CC#N. The summed E-state index contributed by atoms with van der Waals surface area (Å²) in [7, 11) is 0. The molecule has 114 valence electrons. The molecule has 2 aromatic carbocycles. The zero-order valence-corrected chi connectivity index (χ0v) is 12.1. The van der Waals surface area contributed by atoms with Crippen LogP contribution in [-0.2, 0) is 0 Å². The topological polar surface area (TPSA) is 96.5 Å². The molecule has 1 amide bonds. The minimum Gasteiger partial charge on any atom is -0.454 e. The van der Waals surface area contributed by atoms with Gasteiger partial charge in [0, 0.05) is 12.1 Å². The third-order valence-corrected chi connectivity index (χ3v) is 3.50. The van der Waals surface area contributed by atoms with Gasteiger partial charge in [0.25, 0.3) is 11.6 Å². The Hall–Kier alpha value is -3.40. The highest BCUT2D eigenvalue weighted by atomic mass is 16.6. The van der Waals surface area contributed by atoms with E-state index in [1.54, 1.807) is 18.2 Å². The molecule has 2 aromatic rings. The first-order chi connectivity index (χ1) is 11.0. The standard InChI is InChI=1S/C16H11N3O4/c1-10-2-4-13-15(8-10)23-14-5-3-11(19(21)22)9-12(14)16(20)18(13)7-6-17/h2-5,8-9H,7H2,1H3. The number of hydrogen-bond donors (Lipinski definition) is 0. The molecular formula is C16H11N3O4.